The molecule has 1 aromatic carbocycles. The second-order valence-corrected chi connectivity index (χ2v) is 4.87. The maximum atomic E-state index is 5.98. The molecule has 0 saturated heterocycles. The van der Waals surface area contributed by atoms with Crippen LogP contribution in [-0.2, 0) is 0 Å². The molecule has 0 amide bonds. The van der Waals surface area contributed by atoms with E-state index < -0.39 is 0 Å². The number of nitrogens with two attached hydrogens (primary N) is 1. The number of ether oxygens (including phenoxy) is 3. The Hall–Kier alpha value is -2.11. The summed E-state index contributed by atoms with van der Waals surface area (Å²) in [5, 5.41) is 0. The van der Waals surface area contributed by atoms with E-state index in [2.05, 4.69) is 16.8 Å². The molecule has 0 bridgehead atoms. The van der Waals surface area contributed by atoms with Crippen LogP contribution in [0, 0.1) is 0 Å². The zero-order valence-corrected chi connectivity index (χ0v) is 13.0. The van der Waals surface area contributed by atoms with Gasteiger partial charge in [0.1, 0.15) is 0 Å². The molecule has 21 heavy (non-hydrogen) atoms. The van der Waals surface area contributed by atoms with Crippen molar-refractivity contribution < 1.29 is 14.2 Å². The van der Waals surface area contributed by atoms with E-state index in [-0.39, 0.29) is 6.04 Å². The van der Waals surface area contributed by atoms with Crippen LogP contribution in [0.4, 0.5) is 0 Å². The summed E-state index contributed by atoms with van der Waals surface area (Å²) < 4.78 is 16.2. The first-order valence-electron chi connectivity index (χ1n) is 7.02. The van der Waals surface area contributed by atoms with Crippen LogP contribution < -0.4 is 19.9 Å². The number of hydrogen-bond acceptors (Lipinski definition) is 6. The summed E-state index contributed by atoms with van der Waals surface area (Å²) in [6.07, 6.45) is 1.01. The van der Waals surface area contributed by atoms with Gasteiger partial charge in [-0.1, -0.05) is 6.92 Å². The molecule has 1 unspecified atom stereocenters. The molecule has 2 rings (SSSR count). The number of methoxy groups -OCH3 is 3. The molecular weight excluding hydrogens is 270 g/mol. The van der Waals surface area contributed by atoms with Crippen LogP contribution in [0.15, 0.2) is 17.1 Å². The minimum Gasteiger partial charge on any atom is -0.493 e. The first-order chi connectivity index (χ1) is 10.2. The lowest BCUT2D eigenvalue weighted by atomic mass is 10.0. The summed E-state index contributed by atoms with van der Waals surface area (Å²) in [6, 6.07) is 4.03. The maximum Gasteiger partial charge on any atom is 0.203 e. The van der Waals surface area contributed by atoms with Gasteiger partial charge < -0.3 is 24.8 Å². The highest BCUT2D eigenvalue weighted by atomic mass is 16.5. The molecule has 1 heterocycles. The third-order valence-corrected chi connectivity index (χ3v) is 3.63. The molecule has 0 saturated carbocycles. The lowest BCUT2D eigenvalue weighted by Crippen LogP contribution is -2.36. The highest BCUT2D eigenvalue weighted by Crippen LogP contribution is 2.41. The van der Waals surface area contributed by atoms with E-state index >= 15 is 0 Å². The number of hydrogen-bond donors (Lipinski definition) is 1. The topological polar surface area (TPSA) is 69.3 Å². The number of rotatable bonds is 6. The van der Waals surface area contributed by atoms with Gasteiger partial charge in [-0.05, 0) is 24.1 Å². The summed E-state index contributed by atoms with van der Waals surface area (Å²) in [7, 11) is 4.83. The third kappa shape index (κ3) is 2.84. The third-order valence-electron chi connectivity index (χ3n) is 3.63. The van der Waals surface area contributed by atoms with Crippen molar-refractivity contribution in [1.82, 2.24) is 4.90 Å². The molecule has 0 fully saturated rings. The Balaban J connectivity index is 2.40. The lowest BCUT2D eigenvalue weighted by Gasteiger charge is -2.27. The molecule has 0 aliphatic carbocycles. The number of aliphatic imine (C=N–C) groups is 1. The largest absolute Gasteiger partial charge is 0.493 e. The number of benzene rings is 1. The molecule has 1 atom stereocenters. The molecule has 1 aliphatic heterocycles. The summed E-state index contributed by atoms with van der Waals surface area (Å²) in [4.78, 5) is 6.47. The molecule has 2 N–H and O–H groups in total. The van der Waals surface area contributed by atoms with Crippen molar-refractivity contribution in [1.29, 1.82) is 0 Å². The van der Waals surface area contributed by atoms with Gasteiger partial charge in [0.05, 0.1) is 33.9 Å². The van der Waals surface area contributed by atoms with Crippen molar-refractivity contribution in [3.8, 4) is 17.2 Å². The van der Waals surface area contributed by atoms with Gasteiger partial charge >= 0.3 is 0 Å². The van der Waals surface area contributed by atoms with Crippen molar-refractivity contribution in [3.63, 3.8) is 0 Å². The SMILES string of the molecule is CCCN1C(N)=NCC1c1cc(OC)c(OC)c(OC)c1. The van der Waals surface area contributed by atoms with Crippen LogP contribution in [0.25, 0.3) is 0 Å². The quantitative estimate of drug-likeness (QED) is 0.866. The van der Waals surface area contributed by atoms with Crippen LogP contribution in [0.5, 0.6) is 17.2 Å². The van der Waals surface area contributed by atoms with E-state index in [1.807, 2.05) is 12.1 Å². The Morgan fingerprint density at radius 3 is 2.29 bits per heavy atom. The second-order valence-electron chi connectivity index (χ2n) is 4.87. The van der Waals surface area contributed by atoms with Crippen LogP contribution >= 0.6 is 0 Å². The van der Waals surface area contributed by atoms with Gasteiger partial charge in [-0.3, -0.25) is 4.99 Å². The van der Waals surface area contributed by atoms with Crippen LogP contribution in [0.1, 0.15) is 24.9 Å². The Kier molecular flexibility index (Phi) is 4.77. The van der Waals surface area contributed by atoms with Crippen LogP contribution in [-0.4, -0.2) is 45.3 Å². The van der Waals surface area contributed by atoms with Gasteiger partial charge in [0, 0.05) is 6.54 Å². The molecule has 0 spiro atoms. The maximum absolute atomic E-state index is 5.98. The van der Waals surface area contributed by atoms with E-state index in [1.165, 1.54) is 0 Å². The van der Waals surface area contributed by atoms with Gasteiger partial charge in [-0.25, -0.2) is 0 Å². The highest BCUT2D eigenvalue weighted by molar-refractivity contribution is 5.80. The highest BCUT2D eigenvalue weighted by Gasteiger charge is 2.28. The molecule has 0 aromatic heterocycles. The van der Waals surface area contributed by atoms with Crippen molar-refractivity contribution in [2.75, 3.05) is 34.4 Å². The van der Waals surface area contributed by atoms with Crippen molar-refractivity contribution in [2.24, 2.45) is 10.7 Å². The number of guanidine groups is 1. The first-order valence-corrected chi connectivity index (χ1v) is 7.02. The average molecular weight is 293 g/mol. The summed E-state index contributed by atoms with van der Waals surface area (Å²) in [5.41, 5.74) is 7.04. The van der Waals surface area contributed by atoms with E-state index in [1.54, 1.807) is 21.3 Å². The molecular formula is C15H23N3O3. The predicted octanol–water partition coefficient (Wildman–Crippen LogP) is 1.79. The van der Waals surface area contributed by atoms with Gasteiger partial charge in [0.25, 0.3) is 0 Å². The lowest BCUT2D eigenvalue weighted by molar-refractivity contribution is 0.316. The average Bonchev–Trinajstić information content (AvgIpc) is 2.87. The van der Waals surface area contributed by atoms with E-state index in [0.717, 1.165) is 18.5 Å². The molecule has 1 aliphatic rings. The standard InChI is InChI=1S/C15H23N3O3/c1-5-6-18-11(9-17-15(18)16)10-7-12(19-2)14(21-4)13(8-10)20-3/h7-8,11H,5-6,9H2,1-4H3,(H2,16,17). The monoisotopic (exact) mass is 293 g/mol. The van der Waals surface area contributed by atoms with Gasteiger partial charge in [-0.2, -0.15) is 0 Å². The zero-order valence-electron chi connectivity index (χ0n) is 13.0. The fourth-order valence-electron chi connectivity index (χ4n) is 2.62. The van der Waals surface area contributed by atoms with E-state index in [4.69, 9.17) is 19.9 Å². The fraction of sp³-hybridized carbons (Fsp3) is 0.533. The molecule has 0 radical (unpaired) electrons. The fourth-order valence-corrected chi connectivity index (χ4v) is 2.62. The zero-order chi connectivity index (χ0) is 15.4. The molecule has 1 aromatic rings. The molecule has 6 heteroatoms. The van der Waals surface area contributed by atoms with Crippen molar-refractivity contribution in [2.45, 2.75) is 19.4 Å². The Morgan fingerprint density at radius 2 is 1.81 bits per heavy atom. The van der Waals surface area contributed by atoms with Crippen LogP contribution in [0.2, 0.25) is 0 Å². The van der Waals surface area contributed by atoms with E-state index in [0.29, 0.717) is 29.8 Å². The first kappa shape index (κ1) is 15.3. The molecule has 6 nitrogen and oxygen atoms in total. The number of nitrogens with zero attached hydrogens (tertiary/aromatic N) is 2. The van der Waals surface area contributed by atoms with E-state index in [9.17, 15) is 0 Å². The predicted molar refractivity (Wildman–Crippen MR) is 82.3 cm³/mol. The summed E-state index contributed by atoms with van der Waals surface area (Å²) in [5.74, 6) is 2.48. The van der Waals surface area contributed by atoms with Gasteiger partial charge in [0.2, 0.25) is 5.75 Å². The smallest absolute Gasteiger partial charge is 0.203 e. The minimum atomic E-state index is 0.110. The van der Waals surface area contributed by atoms with Crippen LogP contribution in [0.3, 0.4) is 0 Å². The van der Waals surface area contributed by atoms with Crippen molar-refractivity contribution in [3.05, 3.63) is 17.7 Å². The Morgan fingerprint density at radius 1 is 1.19 bits per heavy atom. The van der Waals surface area contributed by atoms with Gasteiger partial charge in [-0.15, -0.1) is 0 Å². The Bertz CT molecular complexity index is 506. The minimum absolute atomic E-state index is 0.110. The molecule has 116 valence electrons. The second kappa shape index (κ2) is 6.56. The summed E-state index contributed by atoms with van der Waals surface area (Å²) in [6.45, 7) is 3.64. The van der Waals surface area contributed by atoms with Crippen molar-refractivity contribution >= 4 is 5.96 Å². The summed E-state index contributed by atoms with van der Waals surface area (Å²) >= 11 is 0. The normalized spacial score (nSPS) is 17.6. The Labute approximate surface area is 125 Å². The van der Waals surface area contributed by atoms with Gasteiger partial charge in [0.15, 0.2) is 17.5 Å².